The van der Waals surface area contributed by atoms with Crippen LogP contribution in [0.15, 0.2) is 18.2 Å². The van der Waals surface area contributed by atoms with Crippen LogP contribution in [0.4, 0.5) is 0 Å². The van der Waals surface area contributed by atoms with Gasteiger partial charge in [0, 0.05) is 11.5 Å². The van der Waals surface area contributed by atoms with Gasteiger partial charge in [-0.1, -0.05) is 26.3 Å². The van der Waals surface area contributed by atoms with Crippen molar-refractivity contribution in [1.82, 2.24) is 4.90 Å². The predicted octanol–water partition coefficient (Wildman–Crippen LogP) is 2.83. The molecule has 1 heterocycles. The number of nitrogens with zero attached hydrogens (tertiary/aromatic N) is 1. The molecule has 3 aliphatic rings. The zero-order valence-corrected chi connectivity index (χ0v) is 16.3. The average Bonchev–Trinajstić information content (AvgIpc) is 2.57. The summed E-state index contributed by atoms with van der Waals surface area (Å²) in [5, 5.41) is 33.2. The molecule has 0 amide bonds. The number of phenolic OH excluding ortho intramolecular Hbond substituents is 1. The largest absolute Gasteiger partial charge is 0.508 e. The summed E-state index contributed by atoms with van der Waals surface area (Å²) < 4.78 is 0. The van der Waals surface area contributed by atoms with E-state index in [4.69, 9.17) is 0 Å². The van der Waals surface area contributed by atoms with Crippen molar-refractivity contribution in [3.8, 4) is 5.75 Å². The number of aliphatic hydroxyl groups is 2. The maximum atomic E-state index is 12.1. The summed E-state index contributed by atoms with van der Waals surface area (Å²) in [6, 6.07) is 5.70. The summed E-state index contributed by atoms with van der Waals surface area (Å²) in [4.78, 5) is 2.31. The fraction of sp³-hybridized carbons (Fsp3) is 0.727. The number of piperidine rings is 1. The van der Waals surface area contributed by atoms with Gasteiger partial charge >= 0.3 is 0 Å². The molecule has 1 aromatic carbocycles. The normalized spacial score (nSPS) is 39.5. The molecule has 0 aromatic heterocycles. The van der Waals surface area contributed by atoms with Gasteiger partial charge in [0.25, 0.3) is 0 Å². The number of likely N-dealkylation sites (tertiary alicyclic amines) is 1. The lowest BCUT2D eigenvalue weighted by Gasteiger charge is -2.65. The van der Waals surface area contributed by atoms with Crippen molar-refractivity contribution in [2.45, 2.75) is 75.5 Å². The minimum atomic E-state index is -0.832. The van der Waals surface area contributed by atoms with Gasteiger partial charge in [0.05, 0.1) is 11.7 Å². The van der Waals surface area contributed by atoms with Gasteiger partial charge in [-0.2, -0.15) is 0 Å². The summed E-state index contributed by atoms with van der Waals surface area (Å²) in [5.74, 6) is 1.02. The second-order valence-corrected chi connectivity index (χ2v) is 9.51. The lowest BCUT2D eigenvalue weighted by molar-refractivity contribution is -0.194. The van der Waals surface area contributed by atoms with E-state index >= 15 is 0 Å². The van der Waals surface area contributed by atoms with Crippen LogP contribution >= 0.6 is 0 Å². The summed E-state index contributed by atoms with van der Waals surface area (Å²) in [7, 11) is 2.12. The molecule has 1 aromatic rings. The first kappa shape index (κ1) is 18.3. The fourth-order valence-corrected chi connectivity index (χ4v) is 6.13. The summed E-state index contributed by atoms with van der Waals surface area (Å²) >= 11 is 0. The SMILES string of the molecule is CC(C)CC[C@H]1C[C@@]2(O)[C@H]3Cc4ccc(O)cc4C2(CCN3C)C[C@H]1O. The molecule has 2 aliphatic carbocycles. The second-order valence-electron chi connectivity index (χ2n) is 9.51. The molecule has 4 nitrogen and oxygen atoms in total. The summed E-state index contributed by atoms with van der Waals surface area (Å²) in [5.41, 5.74) is 1.02. The molecule has 1 unspecified atom stereocenters. The van der Waals surface area contributed by atoms with Crippen LogP contribution in [0, 0.1) is 11.8 Å². The molecular formula is C22H33NO3. The van der Waals surface area contributed by atoms with Crippen molar-refractivity contribution in [3.05, 3.63) is 29.3 Å². The number of likely N-dealkylation sites (N-methyl/N-ethyl adjacent to an activating group) is 1. The van der Waals surface area contributed by atoms with Crippen molar-refractivity contribution in [3.63, 3.8) is 0 Å². The molecule has 1 saturated heterocycles. The Morgan fingerprint density at radius 3 is 2.77 bits per heavy atom. The summed E-state index contributed by atoms with van der Waals surface area (Å²) in [6.45, 7) is 5.35. The second kappa shape index (κ2) is 6.22. The highest BCUT2D eigenvalue weighted by Gasteiger charge is 2.65. The highest BCUT2D eigenvalue weighted by Crippen LogP contribution is 2.59. The molecule has 2 bridgehead atoms. The molecule has 26 heavy (non-hydrogen) atoms. The Morgan fingerprint density at radius 2 is 2.04 bits per heavy atom. The van der Waals surface area contributed by atoms with Gasteiger partial charge in [0.2, 0.25) is 0 Å². The molecule has 0 radical (unpaired) electrons. The van der Waals surface area contributed by atoms with E-state index in [1.165, 1.54) is 5.56 Å². The van der Waals surface area contributed by atoms with Crippen molar-refractivity contribution in [2.75, 3.05) is 13.6 Å². The maximum absolute atomic E-state index is 12.1. The monoisotopic (exact) mass is 359 g/mol. The Labute approximate surface area is 156 Å². The van der Waals surface area contributed by atoms with Gasteiger partial charge < -0.3 is 20.2 Å². The lowest BCUT2D eigenvalue weighted by atomic mass is 9.47. The van der Waals surface area contributed by atoms with Crippen LogP contribution in [0.1, 0.15) is 57.1 Å². The number of hydrogen-bond donors (Lipinski definition) is 3. The zero-order chi connectivity index (χ0) is 18.7. The van der Waals surface area contributed by atoms with Crippen molar-refractivity contribution in [2.24, 2.45) is 11.8 Å². The lowest BCUT2D eigenvalue weighted by Crippen LogP contribution is -2.74. The first-order valence-corrected chi connectivity index (χ1v) is 10.2. The Morgan fingerprint density at radius 1 is 1.27 bits per heavy atom. The van der Waals surface area contributed by atoms with Crippen LogP contribution in [0.2, 0.25) is 0 Å². The van der Waals surface area contributed by atoms with E-state index in [2.05, 4.69) is 25.8 Å². The predicted molar refractivity (Wildman–Crippen MR) is 102 cm³/mol. The third kappa shape index (κ3) is 2.53. The van der Waals surface area contributed by atoms with Crippen LogP contribution in [0.5, 0.6) is 5.75 Å². The fourth-order valence-electron chi connectivity index (χ4n) is 6.13. The standard InChI is InChI=1S/C22H33NO3/c1-14(2)4-5-16-12-22(26)20-10-15-6-7-17(24)11-18(15)21(22,13-19(16)25)8-9-23(20)3/h6-7,11,14,16,19-20,24-26H,4-5,8-10,12-13H2,1-3H3/t16-,19+,20+,21?,22+/m0/s1. The minimum Gasteiger partial charge on any atom is -0.508 e. The first-order valence-electron chi connectivity index (χ1n) is 10.2. The van der Waals surface area contributed by atoms with Gasteiger partial charge in [-0.25, -0.2) is 0 Å². The molecule has 4 heteroatoms. The molecular weight excluding hydrogens is 326 g/mol. The van der Waals surface area contributed by atoms with E-state index < -0.39 is 11.0 Å². The maximum Gasteiger partial charge on any atom is 0.115 e. The number of benzene rings is 1. The van der Waals surface area contributed by atoms with E-state index in [9.17, 15) is 15.3 Å². The first-order chi connectivity index (χ1) is 12.3. The molecule has 3 N–H and O–H groups in total. The van der Waals surface area contributed by atoms with E-state index in [-0.39, 0.29) is 23.8 Å². The van der Waals surface area contributed by atoms with E-state index in [1.807, 2.05) is 12.1 Å². The highest BCUT2D eigenvalue weighted by molar-refractivity contribution is 5.48. The van der Waals surface area contributed by atoms with Crippen molar-refractivity contribution >= 4 is 0 Å². The Balaban J connectivity index is 1.78. The van der Waals surface area contributed by atoms with Gasteiger partial charge in [-0.3, -0.25) is 0 Å². The molecule has 0 spiro atoms. The van der Waals surface area contributed by atoms with Gasteiger partial charge in [-0.15, -0.1) is 0 Å². The molecule has 1 aliphatic heterocycles. The molecule has 1 saturated carbocycles. The van der Waals surface area contributed by atoms with Crippen LogP contribution in [0.3, 0.4) is 0 Å². The van der Waals surface area contributed by atoms with Crippen molar-refractivity contribution in [1.29, 1.82) is 0 Å². The molecule has 144 valence electrons. The third-order valence-electron chi connectivity index (χ3n) is 7.62. The number of phenols is 1. The number of fused-ring (bicyclic) bond motifs is 1. The van der Waals surface area contributed by atoms with Crippen LogP contribution in [-0.2, 0) is 11.8 Å². The smallest absolute Gasteiger partial charge is 0.115 e. The third-order valence-corrected chi connectivity index (χ3v) is 7.62. The average molecular weight is 360 g/mol. The minimum absolute atomic E-state index is 0.0855. The van der Waals surface area contributed by atoms with E-state index in [1.54, 1.807) is 6.07 Å². The van der Waals surface area contributed by atoms with Crippen LogP contribution in [-0.4, -0.2) is 51.6 Å². The number of hydrogen-bond acceptors (Lipinski definition) is 4. The Kier molecular flexibility index (Phi) is 4.37. The van der Waals surface area contributed by atoms with Crippen LogP contribution in [0.25, 0.3) is 0 Å². The van der Waals surface area contributed by atoms with Gasteiger partial charge in [-0.05, 0) is 80.8 Å². The number of aromatic hydroxyl groups is 1. The zero-order valence-electron chi connectivity index (χ0n) is 16.3. The Bertz CT molecular complexity index is 690. The van der Waals surface area contributed by atoms with E-state index in [0.717, 1.165) is 37.8 Å². The highest BCUT2D eigenvalue weighted by atomic mass is 16.3. The molecule has 2 fully saturated rings. The topological polar surface area (TPSA) is 63.9 Å². The quantitative estimate of drug-likeness (QED) is 0.777. The number of rotatable bonds is 3. The molecule has 5 atom stereocenters. The molecule has 4 rings (SSSR count). The Hall–Kier alpha value is -1.10. The van der Waals surface area contributed by atoms with E-state index in [0.29, 0.717) is 18.8 Å². The number of aliphatic hydroxyl groups excluding tert-OH is 1. The van der Waals surface area contributed by atoms with Crippen molar-refractivity contribution < 1.29 is 15.3 Å². The van der Waals surface area contributed by atoms with Crippen LogP contribution < -0.4 is 0 Å². The summed E-state index contributed by atoms with van der Waals surface area (Å²) in [6.07, 6.45) is 4.59. The van der Waals surface area contributed by atoms with Gasteiger partial charge in [0.1, 0.15) is 5.75 Å². The van der Waals surface area contributed by atoms with Gasteiger partial charge in [0.15, 0.2) is 0 Å².